The first-order chi connectivity index (χ1) is 11.1. The molecule has 24 heavy (non-hydrogen) atoms. The van der Waals surface area contributed by atoms with E-state index in [-0.39, 0.29) is 16.2 Å². The third kappa shape index (κ3) is 4.65. The summed E-state index contributed by atoms with van der Waals surface area (Å²) < 4.78 is 62.5. The van der Waals surface area contributed by atoms with Crippen molar-refractivity contribution in [2.75, 3.05) is 0 Å². The van der Waals surface area contributed by atoms with E-state index in [4.69, 9.17) is 0 Å². The largest absolute Gasteiger partial charge is 0.455 e. The van der Waals surface area contributed by atoms with Crippen LogP contribution in [0.3, 0.4) is 0 Å². The van der Waals surface area contributed by atoms with E-state index < -0.39 is 38.5 Å². The molecule has 1 N–H and O–H groups in total. The lowest BCUT2D eigenvalue weighted by Gasteiger charge is -2.06. The van der Waals surface area contributed by atoms with Gasteiger partial charge in [0.25, 0.3) is 11.7 Å². The summed E-state index contributed by atoms with van der Waals surface area (Å²) in [7, 11) is -4.02. The van der Waals surface area contributed by atoms with Gasteiger partial charge in [0.15, 0.2) is 0 Å². The SMILES string of the molecule is O=C(NS(=O)(=O)Cc1ccccc1)c1ccc(C(=O)C(F)(F)F)s1. The van der Waals surface area contributed by atoms with E-state index in [1.807, 2.05) is 0 Å². The molecule has 2 aromatic rings. The van der Waals surface area contributed by atoms with Gasteiger partial charge in [-0.3, -0.25) is 9.59 Å². The van der Waals surface area contributed by atoms with Crippen molar-refractivity contribution in [3.63, 3.8) is 0 Å². The Morgan fingerprint density at radius 2 is 1.58 bits per heavy atom. The number of ketones is 1. The zero-order chi connectivity index (χ0) is 18.0. The van der Waals surface area contributed by atoms with Crippen molar-refractivity contribution < 1.29 is 31.2 Å². The van der Waals surface area contributed by atoms with Crippen LogP contribution < -0.4 is 4.72 Å². The van der Waals surface area contributed by atoms with Gasteiger partial charge in [-0.1, -0.05) is 30.3 Å². The highest BCUT2D eigenvalue weighted by molar-refractivity contribution is 7.89. The molecule has 0 bridgehead atoms. The molecule has 0 saturated heterocycles. The third-order valence-electron chi connectivity index (χ3n) is 2.76. The molecule has 0 unspecified atom stereocenters. The van der Waals surface area contributed by atoms with Crippen LogP contribution in [0.4, 0.5) is 13.2 Å². The van der Waals surface area contributed by atoms with Crippen LogP contribution >= 0.6 is 11.3 Å². The molecular formula is C14H10F3NO4S2. The quantitative estimate of drug-likeness (QED) is 0.813. The van der Waals surface area contributed by atoms with Crippen molar-refractivity contribution in [2.24, 2.45) is 0 Å². The second-order valence-electron chi connectivity index (χ2n) is 4.67. The maximum Gasteiger partial charge on any atom is 0.455 e. The molecule has 1 amide bonds. The van der Waals surface area contributed by atoms with E-state index in [0.717, 1.165) is 12.1 Å². The molecule has 0 spiro atoms. The summed E-state index contributed by atoms with van der Waals surface area (Å²) >= 11 is 0.277. The Labute approximate surface area is 139 Å². The van der Waals surface area contributed by atoms with Crippen molar-refractivity contribution in [1.82, 2.24) is 4.72 Å². The van der Waals surface area contributed by atoms with Crippen molar-refractivity contribution in [1.29, 1.82) is 0 Å². The van der Waals surface area contributed by atoms with Crippen LogP contribution in [-0.2, 0) is 15.8 Å². The van der Waals surface area contributed by atoms with Gasteiger partial charge in [-0.25, -0.2) is 13.1 Å². The van der Waals surface area contributed by atoms with E-state index in [1.54, 1.807) is 35.1 Å². The summed E-state index contributed by atoms with van der Waals surface area (Å²) in [6.07, 6.45) is -5.06. The Morgan fingerprint density at radius 3 is 2.17 bits per heavy atom. The monoisotopic (exact) mass is 377 g/mol. The molecule has 1 aromatic carbocycles. The van der Waals surface area contributed by atoms with E-state index >= 15 is 0 Å². The van der Waals surface area contributed by atoms with Crippen LogP contribution in [0.1, 0.15) is 24.9 Å². The number of halogens is 3. The molecule has 0 fully saturated rings. The highest BCUT2D eigenvalue weighted by Gasteiger charge is 2.40. The molecule has 10 heteroatoms. The molecule has 1 aromatic heterocycles. The lowest BCUT2D eigenvalue weighted by atomic mass is 10.2. The fraction of sp³-hybridized carbons (Fsp3) is 0.143. The minimum atomic E-state index is -5.06. The summed E-state index contributed by atoms with van der Waals surface area (Å²) in [4.78, 5) is 21.9. The van der Waals surface area contributed by atoms with Crippen LogP contribution in [0.5, 0.6) is 0 Å². The number of alkyl halides is 3. The predicted molar refractivity (Wildman–Crippen MR) is 81.2 cm³/mol. The van der Waals surface area contributed by atoms with Crippen molar-refractivity contribution in [3.05, 3.63) is 57.8 Å². The third-order valence-corrected chi connectivity index (χ3v) is 5.05. The van der Waals surface area contributed by atoms with Gasteiger partial charge in [-0.15, -0.1) is 11.3 Å². The Balaban J connectivity index is 2.10. The van der Waals surface area contributed by atoms with Gasteiger partial charge in [0.1, 0.15) is 0 Å². The number of carbonyl (C=O) groups excluding carboxylic acids is 2. The summed E-state index contributed by atoms with van der Waals surface area (Å²) in [5, 5.41) is 0. The first-order valence-electron chi connectivity index (χ1n) is 6.38. The summed E-state index contributed by atoms with van der Waals surface area (Å²) in [6.45, 7) is 0. The minimum Gasteiger partial charge on any atom is -0.283 e. The summed E-state index contributed by atoms with van der Waals surface area (Å²) in [5.74, 6) is -3.63. The lowest BCUT2D eigenvalue weighted by molar-refractivity contribution is -0.0882. The van der Waals surface area contributed by atoms with Crippen LogP contribution in [0.25, 0.3) is 0 Å². The van der Waals surface area contributed by atoms with Crippen molar-refractivity contribution in [2.45, 2.75) is 11.9 Å². The number of rotatable bonds is 5. The van der Waals surface area contributed by atoms with E-state index in [0.29, 0.717) is 5.56 Å². The van der Waals surface area contributed by atoms with Crippen molar-refractivity contribution in [3.8, 4) is 0 Å². The van der Waals surface area contributed by atoms with Gasteiger partial charge in [-0.2, -0.15) is 13.2 Å². The Morgan fingerprint density at radius 1 is 1.00 bits per heavy atom. The number of amides is 1. The van der Waals surface area contributed by atoms with Crippen LogP contribution in [0.15, 0.2) is 42.5 Å². The number of sulfonamides is 1. The number of benzene rings is 1. The first-order valence-corrected chi connectivity index (χ1v) is 8.85. The standard InChI is InChI=1S/C14H10F3NO4S2/c15-14(16,17)12(19)10-6-7-11(23-10)13(20)18-24(21,22)8-9-4-2-1-3-5-9/h1-7H,8H2,(H,18,20). The molecule has 0 aliphatic heterocycles. The lowest BCUT2D eigenvalue weighted by Crippen LogP contribution is -2.31. The van der Waals surface area contributed by atoms with Gasteiger partial charge >= 0.3 is 6.18 Å². The smallest absolute Gasteiger partial charge is 0.283 e. The summed E-state index contributed by atoms with van der Waals surface area (Å²) in [5.41, 5.74) is 0.442. The normalized spacial score (nSPS) is 12.0. The van der Waals surface area contributed by atoms with Crippen LogP contribution in [0.2, 0.25) is 0 Å². The topological polar surface area (TPSA) is 80.3 Å². The number of Topliss-reactive ketones (excluding diaryl/α,β-unsaturated/α-hetero) is 1. The Bertz CT molecular complexity index is 858. The van der Waals surface area contributed by atoms with E-state index in [9.17, 15) is 31.2 Å². The van der Waals surface area contributed by atoms with Gasteiger partial charge in [-0.05, 0) is 17.7 Å². The average Bonchev–Trinajstić information content (AvgIpc) is 2.95. The molecule has 0 saturated carbocycles. The van der Waals surface area contributed by atoms with Crippen LogP contribution in [-0.4, -0.2) is 26.3 Å². The van der Waals surface area contributed by atoms with Gasteiger partial charge in [0.2, 0.25) is 10.0 Å². The highest BCUT2D eigenvalue weighted by atomic mass is 32.2. The molecule has 0 aliphatic carbocycles. The number of nitrogens with one attached hydrogen (secondary N) is 1. The maximum absolute atomic E-state index is 12.3. The Hall–Kier alpha value is -2.20. The molecule has 0 aliphatic rings. The van der Waals surface area contributed by atoms with E-state index in [1.165, 1.54) is 0 Å². The molecule has 0 radical (unpaired) electrons. The minimum absolute atomic E-state index is 0.277. The number of thiophene rings is 1. The average molecular weight is 377 g/mol. The molecule has 5 nitrogen and oxygen atoms in total. The fourth-order valence-corrected chi connectivity index (χ4v) is 3.76. The van der Waals surface area contributed by atoms with Gasteiger partial charge in [0, 0.05) is 0 Å². The number of hydrogen-bond donors (Lipinski definition) is 1. The van der Waals surface area contributed by atoms with Gasteiger partial charge < -0.3 is 0 Å². The van der Waals surface area contributed by atoms with Gasteiger partial charge in [0.05, 0.1) is 15.5 Å². The molecule has 128 valence electrons. The zero-order valence-electron chi connectivity index (χ0n) is 11.8. The molecular weight excluding hydrogens is 367 g/mol. The number of hydrogen-bond acceptors (Lipinski definition) is 5. The number of carbonyl (C=O) groups is 2. The first kappa shape index (κ1) is 18.1. The zero-order valence-corrected chi connectivity index (χ0v) is 13.5. The molecule has 2 rings (SSSR count). The second kappa shape index (κ2) is 6.73. The summed E-state index contributed by atoms with van der Waals surface area (Å²) in [6, 6.07) is 9.85. The van der Waals surface area contributed by atoms with E-state index in [2.05, 4.69) is 0 Å². The molecule has 1 heterocycles. The van der Waals surface area contributed by atoms with Crippen molar-refractivity contribution >= 4 is 33.1 Å². The Kier molecular flexibility index (Phi) is 5.09. The van der Waals surface area contributed by atoms with Crippen LogP contribution in [0, 0.1) is 0 Å². The second-order valence-corrected chi connectivity index (χ2v) is 7.47. The predicted octanol–water partition coefficient (Wildman–Crippen LogP) is 2.75. The fourth-order valence-electron chi connectivity index (χ4n) is 1.74. The maximum atomic E-state index is 12.3. The highest BCUT2D eigenvalue weighted by Crippen LogP contribution is 2.26. The molecule has 0 atom stereocenters.